The number of para-hydroxylation sites is 1. The highest BCUT2D eigenvalue weighted by Crippen LogP contribution is 2.25. The number of rotatable bonds is 8. The average Bonchev–Trinajstić information content (AvgIpc) is 2.90. The maximum absolute atomic E-state index is 11.7. The standard InChI is InChI=1S/C18H28N2O4/c1-13(2)24-17-7-5-4-6-14(17)8-20-9-15(11-21)16(10-20)19-18(22)12-23-3/h4-7,13,15-16,21H,8-12H2,1-3H3,(H,19,22)/t15-,16+/m0/s1. The number of nitrogens with one attached hydrogen (secondary N) is 1. The van der Waals surface area contributed by atoms with Gasteiger partial charge in [0.25, 0.3) is 0 Å². The smallest absolute Gasteiger partial charge is 0.246 e. The Balaban J connectivity index is 2.00. The van der Waals surface area contributed by atoms with Crippen molar-refractivity contribution in [1.29, 1.82) is 0 Å². The maximum Gasteiger partial charge on any atom is 0.246 e. The van der Waals surface area contributed by atoms with Crippen LogP contribution in [-0.4, -0.2) is 61.5 Å². The predicted molar refractivity (Wildman–Crippen MR) is 91.9 cm³/mol. The van der Waals surface area contributed by atoms with Crippen LogP contribution < -0.4 is 10.1 Å². The molecule has 2 atom stereocenters. The van der Waals surface area contributed by atoms with Gasteiger partial charge in [-0.05, 0) is 19.9 Å². The number of hydrogen-bond donors (Lipinski definition) is 2. The molecule has 134 valence electrons. The Morgan fingerprint density at radius 1 is 1.38 bits per heavy atom. The molecule has 1 aromatic rings. The second-order valence-electron chi connectivity index (χ2n) is 6.52. The van der Waals surface area contributed by atoms with Crippen LogP contribution in [0.25, 0.3) is 0 Å². The Morgan fingerprint density at radius 2 is 2.12 bits per heavy atom. The van der Waals surface area contributed by atoms with Crippen LogP contribution in [0.15, 0.2) is 24.3 Å². The molecule has 1 aliphatic rings. The number of hydrogen-bond acceptors (Lipinski definition) is 5. The number of carbonyl (C=O) groups excluding carboxylic acids is 1. The molecule has 1 heterocycles. The molecule has 6 nitrogen and oxygen atoms in total. The number of likely N-dealkylation sites (tertiary alicyclic amines) is 1. The van der Waals surface area contributed by atoms with Gasteiger partial charge in [0.1, 0.15) is 12.4 Å². The minimum Gasteiger partial charge on any atom is -0.491 e. The zero-order valence-corrected chi connectivity index (χ0v) is 14.7. The topological polar surface area (TPSA) is 71.0 Å². The molecular weight excluding hydrogens is 308 g/mol. The van der Waals surface area contributed by atoms with Crippen LogP contribution in [0.2, 0.25) is 0 Å². The van der Waals surface area contributed by atoms with Crippen molar-refractivity contribution in [2.24, 2.45) is 5.92 Å². The summed E-state index contributed by atoms with van der Waals surface area (Å²) in [6, 6.07) is 7.95. The molecule has 1 aliphatic heterocycles. The Hall–Kier alpha value is -1.63. The molecule has 6 heteroatoms. The number of ether oxygens (including phenoxy) is 2. The first-order valence-corrected chi connectivity index (χ1v) is 8.39. The summed E-state index contributed by atoms with van der Waals surface area (Å²) in [5.74, 6) is 0.773. The van der Waals surface area contributed by atoms with E-state index in [0.29, 0.717) is 6.54 Å². The van der Waals surface area contributed by atoms with E-state index in [4.69, 9.17) is 9.47 Å². The van der Waals surface area contributed by atoms with Gasteiger partial charge in [0.2, 0.25) is 5.91 Å². The van der Waals surface area contributed by atoms with E-state index in [1.54, 1.807) is 0 Å². The molecule has 1 amide bonds. The molecule has 0 aliphatic carbocycles. The van der Waals surface area contributed by atoms with Crippen LogP contribution in [-0.2, 0) is 16.1 Å². The van der Waals surface area contributed by atoms with E-state index in [2.05, 4.69) is 16.3 Å². The van der Waals surface area contributed by atoms with Crippen LogP contribution >= 0.6 is 0 Å². The summed E-state index contributed by atoms with van der Waals surface area (Å²) in [4.78, 5) is 14.0. The summed E-state index contributed by atoms with van der Waals surface area (Å²) < 4.78 is 10.7. The summed E-state index contributed by atoms with van der Waals surface area (Å²) in [6.45, 7) is 6.29. The predicted octanol–water partition coefficient (Wildman–Crippen LogP) is 1.03. The molecule has 2 rings (SSSR count). The number of benzene rings is 1. The fraction of sp³-hybridized carbons (Fsp3) is 0.611. The first-order valence-electron chi connectivity index (χ1n) is 8.39. The van der Waals surface area contributed by atoms with E-state index >= 15 is 0 Å². The minimum atomic E-state index is -0.147. The lowest BCUT2D eigenvalue weighted by Crippen LogP contribution is -2.43. The number of amides is 1. The van der Waals surface area contributed by atoms with Crippen molar-refractivity contribution in [2.75, 3.05) is 33.4 Å². The normalized spacial score (nSPS) is 21.2. The maximum atomic E-state index is 11.7. The molecule has 1 saturated heterocycles. The molecule has 0 unspecified atom stereocenters. The summed E-state index contributed by atoms with van der Waals surface area (Å²) in [5.41, 5.74) is 1.12. The summed E-state index contributed by atoms with van der Waals surface area (Å²) in [6.07, 6.45) is 0.121. The quantitative estimate of drug-likeness (QED) is 0.742. The van der Waals surface area contributed by atoms with E-state index in [-0.39, 0.29) is 37.2 Å². The first kappa shape index (κ1) is 18.7. The van der Waals surface area contributed by atoms with Crippen LogP contribution in [0.4, 0.5) is 0 Å². The molecule has 0 radical (unpaired) electrons. The van der Waals surface area contributed by atoms with Gasteiger partial charge in [0.05, 0.1) is 6.10 Å². The molecule has 24 heavy (non-hydrogen) atoms. The van der Waals surface area contributed by atoms with Gasteiger partial charge in [0, 0.05) is 50.9 Å². The number of methoxy groups -OCH3 is 1. The van der Waals surface area contributed by atoms with E-state index in [1.807, 2.05) is 32.0 Å². The van der Waals surface area contributed by atoms with Crippen LogP contribution in [0.5, 0.6) is 5.75 Å². The van der Waals surface area contributed by atoms with Crippen LogP contribution in [0.3, 0.4) is 0 Å². The first-order chi connectivity index (χ1) is 11.5. The van der Waals surface area contributed by atoms with Crippen molar-refractivity contribution in [1.82, 2.24) is 10.2 Å². The number of carbonyl (C=O) groups is 1. The lowest BCUT2D eigenvalue weighted by Gasteiger charge is -2.20. The Morgan fingerprint density at radius 3 is 2.79 bits per heavy atom. The van der Waals surface area contributed by atoms with Crippen molar-refractivity contribution in [3.63, 3.8) is 0 Å². The van der Waals surface area contributed by atoms with Gasteiger partial charge in [0.15, 0.2) is 0 Å². The zero-order chi connectivity index (χ0) is 17.5. The second-order valence-corrected chi connectivity index (χ2v) is 6.52. The average molecular weight is 336 g/mol. The van der Waals surface area contributed by atoms with Gasteiger partial charge in [-0.25, -0.2) is 0 Å². The van der Waals surface area contributed by atoms with Crippen molar-refractivity contribution in [3.8, 4) is 5.75 Å². The van der Waals surface area contributed by atoms with Gasteiger partial charge >= 0.3 is 0 Å². The molecule has 1 fully saturated rings. The van der Waals surface area contributed by atoms with Crippen molar-refractivity contribution in [2.45, 2.75) is 32.5 Å². The van der Waals surface area contributed by atoms with Gasteiger partial charge in [-0.15, -0.1) is 0 Å². The minimum absolute atomic E-state index is 0.0315. The van der Waals surface area contributed by atoms with Gasteiger partial charge in [-0.1, -0.05) is 18.2 Å². The van der Waals surface area contributed by atoms with Crippen LogP contribution in [0, 0.1) is 5.92 Å². The van der Waals surface area contributed by atoms with E-state index in [1.165, 1.54) is 7.11 Å². The second kappa shape index (κ2) is 9.01. The van der Waals surface area contributed by atoms with E-state index < -0.39 is 0 Å². The SMILES string of the molecule is COCC(=O)N[C@@H]1CN(Cc2ccccc2OC(C)C)C[C@H]1CO. The third kappa shape index (κ3) is 5.19. The van der Waals surface area contributed by atoms with Gasteiger partial charge in [-0.3, -0.25) is 9.69 Å². The molecule has 0 saturated carbocycles. The molecule has 2 N–H and O–H groups in total. The third-order valence-electron chi connectivity index (χ3n) is 4.10. The van der Waals surface area contributed by atoms with E-state index in [0.717, 1.165) is 24.4 Å². The highest BCUT2D eigenvalue weighted by molar-refractivity contribution is 5.77. The molecule has 0 bridgehead atoms. The Bertz CT molecular complexity index is 536. The zero-order valence-electron chi connectivity index (χ0n) is 14.7. The number of nitrogens with zero attached hydrogens (tertiary/aromatic N) is 1. The fourth-order valence-electron chi connectivity index (χ4n) is 3.06. The summed E-state index contributed by atoms with van der Waals surface area (Å²) >= 11 is 0. The Labute approximate surface area is 143 Å². The van der Waals surface area contributed by atoms with Crippen molar-refractivity contribution < 1.29 is 19.4 Å². The lowest BCUT2D eigenvalue weighted by atomic mass is 10.1. The Kier molecular flexibility index (Phi) is 7.02. The summed E-state index contributed by atoms with van der Waals surface area (Å²) in [7, 11) is 1.50. The highest BCUT2D eigenvalue weighted by Gasteiger charge is 2.33. The van der Waals surface area contributed by atoms with Crippen LogP contribution in [0.1, 0.15) is 19.4 Å². The van der Waals surface area contributed by atoms with Gasteiger partial charge in [-0.2, -0.15) is 0 Å². The molecule has 0 spiro atoms. The van der Waals surface area contributed by atoms with E-state index in [9.17, 15) is 9.90 Å². The molecular formula is C18H28N2O4. The third-order valence-corrected chi connectivity index (χ3v) is 4.10. The fourth-order valence-corrected chi connectivity index (χ4v) is 3.06. The monoisotopic (exact) mass is 336 g/mol. The number of aliphatic hydroxyl groups excluding tert-OH is 1. The summed E-state index contributed by atoms with van der Waals surface area (Å²) in [5, 5.41) is 12.5. The van der Waals surface area contributed by atoms with Gasteiger partial charge < -0.3 is 19.9 Å². The van der Waals surface area contributed by atoms with Crippen molar-refractivity contribution in [3.05, 3.63) is 29.8 Å². The number of aliphatic hydroxyl groups is 1. The van der Waals surface area contributed by atoms with Crippen molar-refractivity contribution >= 4 is 5.91 Å². The molecule has 0 aromatic heterocycles. The largest absolute Gasteiger partial charge is 0.491 e. The molecule has 1 aromatic carbocycles. The lowest BCUT2D eigenvalue weighted by molar-refractivity contribution is -0.125. The highest BCUT2D eigenvalue weighted by atomic mass is 16.5.